The number of nitrogens with one attached hydrogen (secondary N) is 1. The van der Waals surface area contributed by atoms with Gasteiger partial charge in [-0.1, -0.05) is 39.0 Å². The Bertz CT molecular complexity index is 252. The van der Waals surface area contributed by atoms with Gasteiger partial charge in [-0.2, -0.15) is 8.42 Å². The number of hydrogen-bond donors (Lipinski definition) is 2. The van der Waals surface area contributed by atoms with Crippen molar-refractivity contribution in [2.45, 2.75) is 58.3 Å². The standard InChI is InChI=1S/C12H27NO3S/c1-2-3-4-7-10-13-11-8-5-6-9-12-17(14,15)16/h13H,2-12H2,1H3,(H,14,15,16). The Hall–Kier alpha value is -0.130. The number of rotatable bonds is 12. The fourth-order valence-corrected chi connectivity index (χ4v) is 2.26. The van der Waals surface area contributed by atoms with Gasteiger partial charge in [0.2, 0.25) is 0 Å². The van der Waals surface area contributed by atoms with E-state index in [9.17, 15) is 8.42 Å². The predicted molar refractivity (Wildman–Crippen MR) is 71.9 cm³/mol. The molecule has 0 aliphatic heterocycles. The Kier molecular flexibility index (Phi) is 10.9. The molecule has 0 atom stereocenters. The van der Waals surface area contributed by atoms with E-state index in [1.165, 1.54) is 25.7 Å². The molecule has 2 N–H and O–H groups in total. The minimum Gasteiger partial charge on any atom is -0.317 e. The summed E-state index contributed by atoms with van der Waals surface area (Å²) < 4.78 is 29.4. The van der Waals surface area contributed by atoms with E-state index < -0.39 is 10.1 Å². The number of hydrogen-bond acceptors (Lipinski definition) is 3. The minimum absolute atomic E-state index is 0.0998. The molecule has 0 heterocycles. The van der Waals surface area contributed by atoms with Crippen LogP contribution in [0.1, 0.15) is 58.3 Å². The van der Waals surface area contributed by atoms with E-state index in [-0.39, 0.29) is 5.75 Å². The maximum absolute atomic E-state index is 10.4. The average Bonchev–Trinajstić information content (AvgIpc) is 2.24. The first-order valence-corrected chi connectivity index (χ1v) is 8.33. The highest BCUT2D eigenvalue weighted by atomic mass is 32.2. The largest absolute Gasteiger partial charge is 0.317 e. The molecule has 4 nitrogen and oxygen atoms in total. The monoisotopic (exact) mass is 265 g/mol. The van der Waals surface area contributed by atoms with Gasteiger partial charge in [-0.3, -0.25) is 4.55 Å². The molecule has 0 saturated heterocycles. The van der Waals surface area contributed by atoms with Crippen LogP contribution in [0, 0.1) is 0 Å². The molecule has 0 amide bonds. The molecule has 0 aliphatic rings. The third-order valence-electron chi connectivity index (χ3n) is 2.71. The van der Waals surface area contributed by atoms with Crippen LogP contribution in [0.4, 0.5) is 0 Å². The molecule has 0 spiro atoms. The zero-order valence-electron chi connectivity index (χ0n) is 11.0. The van der Waals surface area contributed by atoms with Crippen molar-refractivity contribution in [3.63, 3.8) is 0 Å². The lowest BCUT2D eigenvalue weighted by Crippen LogP contribution is -2.16. The van der Waals surface area contributed by atoms with Crippen molar-refractivity contribution in [3.05, 3.63) is 0 Å². The fourth-order valence-electron chi connectivity index (χ4n) is 1.69. The zero-order valence-corrected chi connectivity index (χ0v) is 11.8. The molecular weight excluding hydrogens is 238 g/mol. The first-order chi connectivity index (χ1) is 8.06. The lowest BCUT2D eigenvalue weighted by atomic mass is 10.2. The van der Waals surface area contributed by atoms with Gasteiger partial charge in [-0.25, -0.2) is 0 Å². The molecule has 0 aliphatic carbocycles. The van der Waals surface area contributed by atoms with Gasteiger partial charge in [-0.15, -0.1) is 0 Å². The second-order valence-corrected chi connectivity index (χ2v) is 6.08. The van der Waals surface area contributed by atoms with Crippen molar-refractivity contribution in [2.24, 2.45) is 0 Å². The Morgan fingerprint density at radius 2 is 1.41 bits per heavy atom. The molecule has 0 aromatic carbocycles. The summed E-state index contributed by atoms with van der Waals surface area (Å²) in [6, 6.07) is 0. The van der Waals surface area contributed by atoms with Crippen molar-refractivity contribution in [1.29, 1.82) is 0 Å². The van der Waals surface area contributed by atoms with Crippen LogP contribution in [-0.2, 0) is 10.1 Å². The summed E-state index contributed by atoms with van der Waals surface area (Å²) in [5.74, 6) is -0.0998. The fraction of sp³-hybridized carbons (Fsp3) is 1.00. The van der Waals surface area contributed by atoms with Crippen molar-refractivity contribution in [3.8, 4) is 0 Å². The highest BCUT2D eigenvalue weighted by Crippen LogP contribution is 2.01. The summed E-state index contributed by atoms with van der Waals surface area (Å²) >= 11 is 0. The normalized spacial score (nSPS) is 11.9. The van der Waals surface area contributed by atoms with Gasteiger partial charge < -0.3 is 5.32 Å². The average molecular weight is 265 g/mol. The smallest absolute Gasteiger partial charge is 0.264 e. The third-order valence-corrected chi connectivity index (χ3v) is 3.52. The van der Waals surface area contributed by atoms with E-state index in [4.69, 9.17) is 4.55 Å². The third kappa shape index (κ3) is 15.9. The molecule has 17 heavy (non-hydrogen) atoms. The molecule has 0 bridgehead atoms. The highest BCUT2D eigenvalue weighted by molar-refractivity contribution is 7.85. The molecule has 0 unspecified atom stereocenters. The molecule has 104 valence electrons. The lowest BCUT2D eigenvalue weighted by Gasteiger charge is -2.04. The van der Waals surface area contributed by atoms with Crippen molar-refractivity contribution >= 4 is 10.1 Å². The van der Waals surface area contributed by atoms with E-state index in [1.54, 1.807) is 0 Å². The molecule has 0 saturated carbocycles. The Labute approximate surface area is 106 Å². The van der Waals surface area contributed by atoms with E-state index in [0.29, 0.717) is 6.42 Å². The molecule has 5 heteroatoms. The molecule has 0 radical (unpaired) electrons. The van der Waals surface area contributed by atoms with Crippen LogP contribution in [0.25, 0.3) is 0 Å². The van der Waals surface area contributed by atoms with Crippen LogP contribution >= 0.6 is 0 Å². The van der Waals surface area contributed by atoms with Crippen LogP contribution < -0.4 is 5.32 Å². The van der Waals surface area contributed by atoms with Gasteiger partial charge in [0.25, 0.3) is 10.1 Å². The van der Waals surface area contributed by atoms with E-state index in [1.807, 2.05) is 0 Å². The molecule has 0 fully saturated rings. The minimum atomic E-state index is -3.75. The second kappa shape index (κ2) is 11.0. The van der Waals surface area contributed by atoms with E-state index in [2.05, 4.69) is 12.2 Å². The first kappa shape index (κ1) is 16.9. The summed E-state index contributed by atoms with van der Waals surface area (Å²) in [6.45, 7) is 4.31. The van der Waals surface area contributed by atoms with Gasteiger partial charge in [-0.05, 0) is 32.4 Å². The van der Waals surface area contributed by atoms with Crippen molar-refractivity contribution < 1.29 is 13.0 Å². The molecule has 0 aromatic heterocycles. The summed E-state index contributed by atoms with van der Waals surface area (Å²) in [4.78, 5) is 0. The molecule has 0 rings (SSSR count). The quantitative estimate of drug-likeness (QED) is 0.420. The van der Waals surface area contributed by atoms with Crippen LogP contribution in [0.5, 0.6) is 0 Å². The van der Waals surface area contributed by atoms with Crippen molar-refractivity contribution in [2.75, 3.05) is 18.8 Å². The number of unbranched alkanes of at least 4 members (excludes halogenated alkanes) is 6. The Morgan fingerprint density at radius 3 is 1.94 bits per heavy atom. The van der Waals surface area contributed by atoms with Crippen LogP contribution in [0.15, 0.2) is 0 Å². The lowest BCUT2D eigenvalue weighted by molar-refractivity contribution is 0.478. The van der Waals surface area contributed by atoms with Gasteiger partial charge in [0.05, 0.1) is 5.75 Å². The van der Waals surface area contributed by atoms with Gasteiger partial charge in [0, 0.05) is 0 Å². The van der Waals surface area contributed by atoms with E-state index in [0.717, 1.165) is 32.4 Å². The summed E-state index contributed by atoms with van der Waals surface area (Å²) in [5.41, 5.74) is 0. The zero-order chi connectivity index (χ0) is 13.0. The van der Waals surface area contributed by atoms with E-state index >= 15 is 0 Å². The van der Waals surface area contributed by atoms with Gasteiger partial charge >= 0.3 is 0 Å². The Morgan fingerprint density at radius 1 is 0.882 bits per heavy atom. The van der Waals surface area contributed by atoms with Crippen molar-refractivity contribution in [1.82, 2.24) is 5.32 Å². The second-order valence-electron chi connectivity index (χ2n) is 4.51. The van der Waals surface area contributed by atoms with Crippen LogP contribution in [0.2, 0.25) is 0 Å². The maximum Gasteiger partial charge on any atom is 0.264 e. The topological polar surface area (TPSA) is 66.4 Å². The van der Waals surface area contributed by atoms with Gasteiger partial charge in [0.1, 0.15) is 0 Å². The summed E-state index contributed by atoms with van der Waals surface area (Å²) in [5, 5.41) is 3.38. The summed E-state index contributed by atoms with van der Waals surface area (Å²) in [6.07, 6.45) is 8.68. The first-order valence-electron chi connectivity index (χ1n) is 6.72. The predicted octanol–water partition coefficient (Wildman–Crippen LogP) is 2.60. The summed E-state index contributed by atoms with van der Waals surface area (Å²) in [7, 11) is -3.75. The Balaban J connectivity index is 3.04. The highest BCUT2D eigenvalue weighted by Gasteiger charge is 2.02. The van der Waals surface area contributed by atoms with Crippen LogP contribution in [-0.4, -0.2) is 31.8 Å². The van der Waals surface area contributed by atoms with Crippen LogP contribution in [0.3, 0.4) is 0 Å². The molecule has 0 aromatic rings. The SMILES string of the molecule is CCCCCCNCCCCCCS(=O)(=O)O. The van der Waals surface area contributed by atoms with Gasteiger partial charge in [0.15, 0.2) is 0 Å². The molecular formula is C12H27NO3S. The maximum atomic E-state index is 10.4.